The van der Waals surface area contributed by atoms with Gasteiger partial charge in [0.2, 0.25) is 0 Å². The molecule has 0 atom stereocenters. The van der Waals surface area contributed by atoms with Crippen molar-refractivity contribution < 1.29 is 0 Å². The fraction of sp³-hybridized carbons (Fsp3) is 0.0233. The van der Waals surface area contributed by atoms with Crippen LogP contribution in [0.1, 0.15) is 5.56 Å². The zero-order valence-corrected chi connectivity index (χ0v) is 25.4. The van der Waals surface area contributed by atoms with Crippen LogP contribution in [0.5, 0.6) is 0 Å². The van der Waals surface area contributed by atoms with Gasteiger partial charge in [-0.05, 0) is 73.2 Å². The molecular weight excluding hydrogens is 558 g/mol. The normalized spacial score (nSPS) is 12.0. The summed E-state index contributed by atoms with van der Waals surface area (Å²) in [7, 11) is 0. The maximum absolute atomic E-state index is 2.45. The van der Waals surface area contributed by atoms with E-state index in [2.05, 4.69) is 178 Å². The Morgan fingerprint density at radius 1 is 0.326 bits per heavy atom. The summed E-state index contributed by atoms with van der Waals surface area (Å²) < 4.78 is 7.30. The third-order valence-corrected chi connectivity index (χ3v) is 9.76. The zero-order valence-electron chi connectivity index (χ0n) is 25.4. The van der Waals surface area contributed by atoms with E-state index in [1.807, 2.05) is 0 Å². The fourth-order valence-electron chi connectivity index (χ4n) is 7.86. The lowest BCUT2D eigenvalue weighted by atomic mass is 10.1. The van der Waals surface area contributed by atoms with Gasteiger partial charge in [0.15, 0.2) is 0 Å². The van der Waals surface area contributed by atoms with E-state index in [1.165, 1.54) is 76.7 Å². The Morgan fingerprint density at radius 2 is 0.761 bits per heavy atom. The number of rotatable bonds is 3. The van der Waals surface area contributed by atoms with Crippen molar-refractivity contribution in [1.29, 1.82) is 0 Å². The first-order valence-corrected chi connectivity index (χ1v) is 15.9. The summed E-state index contributed by atoms with van der Waals surface area (Å²) in [5.74, 6) is 0. The summed E-state index contributed by atoms with van der Waals surface area (Å²) in [4.78, 5) is 0. The lowest BCUT2D eigenvalue weighted by Crippen LogP contribution is -2.03. The smallest absolute Gasteiger partial charge is 0.0702 e. The molecule has 7 aromatic carbocycles. The van der Waals surface area contributed by atoms with Crippen LogP contribution in [-0.4, -0.2) is 13.7 Å². The Kier molecular flexibility index (Phi) is 5.20. The third kappa shape index (κ3) is 3.37. The van der Waals surface area contributed by atoms with Crippen molar-refractivity contribution in [3.8, 4) is 17.1 Å². The minimum absolute atomic E-state index is 1.16. The molecule has 0 saturated carbocycles. The van der Waals surface area contributed by atoms with Gasteiger partial charge in [0, 0.05) is 38.0 Å². The molecule has 10 rings (SSSR count). The summed E-state index contributed by atoms with van der Waals surface area (Å²) in [5, 5.41) is 7.62. The highest BCUT2D eigenvalue weighted by Gasteiger charge is 2.20. The van der Waals surface area contributed by atoms with Crippen molar-refractivity contribution in [2.45, 2.75) is 6.92 Å². The van der Waals surface area contributed by atoms with E-state index in [9.17, 15) is 0 Å². The van der Waals surface area contributed by atoms with Gasteiger partial charge in [0.1, 0.15) is 0 Å². The molecule has 0 amide bonds. The second kappa shape index (κ2) is 9.47. The van der Waals surface area contributed by atoms with Gasteiger partial charge < -0.3 is 13.7 Å². The first-order chi connectivity index (χ1) is 22.8. The van der Waals surface area contributed by atoms with Crippen molar-refractivity contribution in [3.05, 3.63) is 163 Å². The van der Waals surface area contributed by atoms with Crippen LogP contribution in [0.4, 0.5) is 0 Å². The number of aryl methyl sites for hydroxylation is 1. The summed E-state index contributed by atoms with van der Waals surface area (Å²) in [6.07, 6.45) is 0. The van der Waals surface area contributed by atoms with E-state index in [-0.39, 0.29) is 0 Å². The highest BCUT2D eigenvalue weighted by Crippen LogP contribution is 2.40. The Bertz CT molecular complexity index is 2770. The lowest BCUT2D eigenvalue weighted by molar-refractivity contribution is 1.09. The first-order valence-electron chi connectivity index (χ1n) is 15.9. The lowest BCUT2D eigenvalue weighted by Gasteiger charge is -2.17. The van der Waals surface area contributed by atoms with Gasteiger partial charge in [-0.25, -0.2) is 0 Å². The van der Waals surface area contributed by atoms with Crippen LogP contribution in [0.3, 0.4) is 0 Å². The van der Waals surface area contributed by atoms with Crippen LogP contribution in [0, 0.1) is 6.92 Å². The Balaban J connectivity index is 1.28. The molecule has 3 heteroatoms. The summed E-state index contributed by atoms with van der Waals surface area (Å²) in [6, 6.07) is 57.5. The fourth-order valence-corrected chi connectivity index (χ4v) is 7.86. The molecule has 0 bridgehead atoms. The number of aromatic nitrogens is 3. The van der Waals surface area contributed by atoms with Gasteiger partial charge in [-0.1, -0.05) is 97.1 Å². The van der Waals surface area contributed by atoms with E-state index >= 15 is 0 Å². The molecule has 0 unspecified atom stereocenters. The van der Waals surface area contributed by atoms with Crippen molar-refractivity contribution in [2.24, 2.45) is 0 Å². The van der Waals surface area contributed by atoms with Crippen LogP contribution in [0.15, 0.2) is 158 Å². The molecule has 3 aromatic heterocycles. The van der Waals surface area contributed by atoms with Gasteiger partial charge in [0.25, 0.3) is 0 Å². The molecule has 46 heavy (non-hydrogen) atoms. The van der Waals surface area contributed by atoms with Crippen molar-refractivity contribution in [1.82, 2.24) is 13.7 Å². The predicted octanol–water partition coefficient (Wildman–Crippen LogP) is 11.3. The molecule has 0 saturated heterocycles. The largest absolute Gasteiger partial charge is 0.309 e. The van der Waals surface area contributed by atoms with E-state index in [1.54, 1.807) is 0 Å². The van der Waals surface area contributed by atoms with Crippen LogP contribution >= 0.6 is 0 Å². The molecule has 0 N–H and O–H groups in total. The molecule has 0 fully saturated rings. The van der Waals surface area contributed by atoms with E-state index in [0.29, 0.717) is 0 Å². The number of nitrogens with zero attached hydrogens (tertiary/aromatic N) is 3. The molecule has 0 aliphatic carbocycles. The number of hydrogen-bond acceptors (Lipinski definition) is 0. The molecule has 10 aromatic rings. The minimum atomic E-state index is 1.16. The first kappa shape index (κ1) is 25.3. The van der Waals surface area contributed by atoms with Gasteiger partial charge in [-0.3, -0.25) is 0 Å². The summed E-state index contributed by atoms with van der Waals surface area (Å²) >= 11 is 0. The summed E-state index contributed by atoms with van der Waals surface area (Å²) in [6.45, 7) is 2.22. The van der Waals surface area contributed by atoms with Crippen LogP contribution in [0.25, 0.3) is 82.5 Å². The average molecular weight is 588 g/mol. The SMILES string of the molecule is Cc1cccc2c1c1ccccc1n2-c1ccccc1-n1c2ccccc2c2cc(-n3c4ccccc4c4ccccc43)ccc21. The molecule has 216 valence electrons. The molecule has 0 radical (unpaired) electrons. The number of benzene rings is 7. The molecular formula is C43H29N3. The van der Waals surface area contributed by atoms with Gasteiger partial charge in [-0.2, -0.15) is 0 Å². The summed E-state index contributed by atoms with van der Waals surface area (Å²) in [5.41, 5.74) is 12.0. The maximum atomic E-state index is 2.45. The van der Waals surface area contributed by atoms with Gasteiger partial charge in [0.05, 0.1) is 44.5 Å². The standard InChI is InChI=1S/C43H29N3/c1-28-13-12-24-42-43(28)33-17-5-9-21-38(33)46(42)41-23-11-10-22-40(41)45-37-20-8-4-16-32(37)34-27-29(25-26-39(34)45)44-35-18-6-2-14-30(35)31-15-3-7-19-36(31)44/h2-27H,1H3. The second-order valence-corrected chi connectivity index (χ2v) is 12.2. The number of para-hydroxylation sites is 6. The van der Waals surface area contributed by atoms with Crippen molar-refractivity contribution in [3.63, 3.8) is 0 Å². The zero-order chi connectivity index (χ0) is 30.4. The molecule has 3 nitrogen and oxygen atoms in total. The molecule has 3 heterocycles. The molecule has 0 spiro atoms. The highest BCUT2D eigenvalue weighted by atomic mass is 15.1. The second-order valence-electron chi connectivity index (χ2n) is 12.2. The Labute approximate surface area is 265 Å². The number of fused-ring (bicyclic) bond motifs is 9. The quantitative estimate of drug-likeness (QED) is 0.195. The topological polar surface area (TPSA) is 14.8 Å². The van der Waals surface area contributed by atoms with Crippen LogP contribution in [0.2, 0.25) is 0 Å². The monoisotopic (exact) mass is 587 g/mol. The molecule has 0 aliphatic rings. The third-order valence-electron chi connectivity index (χ3n) is 9.76. The van der Waals surface area contributed by atoms with Crippen molar-refractivity contribution >= 4 is 65.4 Å². The van der Waals surface area contributed by atoms with E-state index < -0.39 is 0 Å². The Morgan fingerprint density at radius 3 is 1.39 bits per heavy atom. The Hall–Kier alpha value is -6.06. The minimum Gasteiger partial charge on any atom is -0.309 e. The van der Waals surface area contributed by atoms with Crippen molar-refractivity contribution in [2.75, 3.05) is 0 Å². The predicted molar refractivity (Wildman–Crippen MR) is 194 cm³/mol. The van der Waals surface area contributed by atoms with Crippen LogP contribution < -0.4 is 0 Å². The van der Waals surface area contributed by atoms with E-state index in [4.69, 9.17) is 0 Å². The van der Waals surface area contributed by atoms with Gasteiger partial charge in [-0.15, -0.1) is 0 Å². The van der Waals surface area contributed by atoms with E-state index in [0.717, 1.165) is 11.4 Å². The number of hydrogen-bond donors (Lipinski definition) is 0. The van der Waals surface area contributed by atoms with Gasteiger partial charge >= 0.3 is 0 Å². The molecule has 0 aliphatic heterocycles. The highest BCUT2D eigenvalue weighted by molar-refractivity contribution is 6.13. The maximum Gasteiger partial charge on any atom is 0.0702 e. The average Bonchev–Trinajstić information content (AvgIpc) is 3.74. The van der Waals surface area contributed by atoms with Crippen LogP contribution in [-0.2, 0) is 0 Å².